The van der Waals surface area contributed by atoms with Gasteiger partial charge in [-0.15, -0.1) is 0 Å². The third-order valence-corrected chi connectivity index (χ3v) is 5.25. The largest absolute Gasteiger partial charge is 0.323 e. The van der Waals surface area contributed by atoms with Crippen LogP contribution < -0.4 is 11.5 Å². The van der Waals surface area contributed by atoms with Gasteiger partial charge >= 0.3 is 0 Å². The second-order valence-electron chi connectivity index (χ2n) is 6.37. The van der Waals surface area contributed by atoms with Crippen molar-refractivity contribution < 1.29 is 19.2 Å². The molecule has 1 aromatic carbocycles. The number of Topliss-reactive ketones (excluding diaryl/α,β-unsaturated/α-hetero) is 2. The molecule has 4 N–H and O–H groups in total. The molecule has 1 aromatic rings. The average molecular weight is 325 g/mol. The van der Waals surface area contributed by atoms with E-state index in [0.717, 1.165) is 4.90 Å². The highest BCUT2D eigenvalue weighted by molar-refractivity contribution is 6.29. The van der Waals surface area contributed by atoms with Crippen LogP contribution >= 0.6 is 0 Å². The van der Waals surface area contributed by atoms with Gasteiger partial charge < -0.3 is 11.5 Å². The van der Waals surface area contributed by atoms with Crippen LogP contribution in [-0.2, 0) is 9.59 Å². The number of fused-ring (bicyclic) bond motifs is 2. The Hall–Kier alpha value is -2.64. The van der Waals surface area contributed by atoms with Gasteiger partial charge in [0.15, 0.2) is 11.6 Å². The second kappa shape index (κ2) is 4.68. The number of likely N-dealkylation sites (tertiary alicyclic amines) is 1. The molecule has 0 aromatic heterocycles. The van der Waals surface area contributed by atoms with Crippen LogP contribution in [0.15, 0.2) is 35.4 Å². The number of benzene rings is 1. The standard InChI is InChI=1S/C17H15N3O4/c1-20-16(23)10-11(17(20)24)13(19)9-8(12(10)18)14(21)6-4-2-3-5-7(6)15(9)22/h2-5,10-13H,18-19H2,1H3. The number of imide groups is 1. The fourth-order valence-corrected chi connectivity index (χ4v) is 4.05. The van der Waals surface area contributed by atoms with Gasteiger partial charge in [0.05, 0.1) is 11.8 Å². The molecule has 24 heavy (non-hydrogen) atoms. The van der Waals surface area contributed by atoms with Crippen molar-refractivity contribution in [3.63, 3.8) is 0 Å². The van der Waals surface area contributed by atoms with Crippen LogP contribution in [0.4, 0.5) is 0 Å². The molecule has 0 saturated carbocycles. The van der Waals surface area contributed by atoms with Gasteiger partial charge in [-0.25, -0.2) is 0 Å². The Morgan fingerprint density at radius 3 is 1.54 bits per heavy atom. The molecule has 1 saturated heterocycles. The van der Waals surface area contributed by atoms with E-state index in [1.807, 2.05) is 0 Å². The average Bonchev–Trinajstić information content (AvgIpc) is 2.80. The van der Waals surface area contributed by atoms with Crippen molar-refractivity contribution in [2.45, 2.75) is 12.1 Å². The molecule has 0 radical (unpaired) electrons. The van der Waals surface area contributed by atoms with E-state index in [4.69, 9.17) is 11.5 Å². The molecular weight excluding hydrogens is 310 g/mol. The number of nitrogens with two attached hydrogens (primary N) is 2. The molecule has 4 rings (SSSR count). The summed E-state index contributed by atoms with van der Waals surface area (Å²) in [6.45, 7) is 0. The molecule has 7 nitrogen and oxygen atoms in total. The lowest BCUT2D eigenvalue weighted by Crippen LogP contribution is -2.55. The highest BCUT2D eigenvalue weighted by atomic mass is 16.2. The smallest absolute Gasteiger partial charge is 0.234 e. The first-order valence-corrected chi connectivity index (χ1v) is 7.61. The summed E-state index contributed by atoms with van der Waals surface area (Å²) in [7, 11) is 1.36. The van der Waals surface area contributed by atoms with E-state index in [2.05, 4.69) is 0 Å². The number of hydrogen-bond donors (Lipinski definition) is 2. The van der Waals surface area contributed by atoms with E-state index in [1.165, 1.54) is 7.05 Å². The van der Waals surface area contributed by atoms with Crippen LogP contribution in [-0.4, -0.2) is 47.4 Å². The number of hydrogen-bond acceptors (Lipinski definition) is 6. The Morgan fingerprint density at radius 1 is 0.792 bits per heavy atom. The van der Waals surface area contributed by atoms with Gasteiger partial charge in [-0.05, 0) is 0 Å². The zero-order valence-electron chi connectivity index (χ0n) is 12.9. The highest BCUT2D eigenvalue weighted by Crippen LogP contribution is 2.43. The SMILES string of the molecule is CN1C(=O)C2C(N)C3=C(C(=O)c4ccccc4C3=O)C(N)C2C1=O. The van der Waals surface area contributed by atoms with Gasteiger partial charge in [0.1, 0.15) is 0 Å². The minimum atomic E-state index is -1.02. The Labute approximate surface area is 137 Å². The lowest BCUT2D eigenvalue weighted by molar-refractivity contribution is -0.138. The lowest BCUT2D eigenvalue weighted by Gasteiger charge is -2.38. The molecule has 2 amide bonds. The van der Waals surface area contributed by atoms with Gasteiger partial charge in [-0.1, -0.05) is 24.3 Å². The number of carbonyl (C=O) groups is 4. The lowest BCUT2D eigenvalue weighted by atomic mass is 9.65. The number of rotatable bonds is 0. The van der Waals surface area contributed by atoms with Gasteiger partial charge in [-0.2, -0.15) is 0 Å². The fraction of sp³-hybridized carbons (Fsp3) is 0.294. The third-order valence-electron chi connectivity index (χ3n) is 5.25. The van der Waals surface area contributed by atoms with Gasteiger partial charge in [0, 0.05) is 41.4 Å². The first-order valence-electron chi connectivity index (χ1n) is 7.61. The van der Waals surface area contributed by atoms with E-state index in [-0.39, 0.29) is 22.3 Å². The molecule has 4 unspecified atom stereocenters. The Balaban J connectivity index is 1.94. The summed E-state index contributed by atoms with van der Waals surface area (Å²) in [6.07, 6.45) is 0. The quantitative estimate of drug-likeness (QED) is 0.606. The maximum Gasteiger partial charge on any atom is 0.234 e. The number of carbonyl (C=O) groups excluding carboxylic acids is 4. The molecular formula is C17H15N3O4. The van der Waals surface area contributed by atoms with Crippen molar-refractivity contribution in [2.75, 3.05) is 7.05 Å². The molecule has 0 spiro atoms. The molecule has 4 atom stereocenters. The maximum absolute atomic E-state index is 12.9. The molecule has 122 valence electrons. The van der Waals surface area contributed by atoms with E-state index >= 15 is 0 Å². The zero-order chi connectivity index (χ0) is 17.3. The van der Waals surface area contributed by atoms with Crippen LogP contribution in [0.2, 0.25) is 0 Å². The zero-order valence-corrected chi connectivity index (χ0v) is 12.9. The topological polar surface area (TPSA) is 124 Å². The molecule has 7 heteroatoms. The minimum absolute atomic E-state index is 0.0731. The fourth-order valence-electron chi connectivity index (χ4n) is 4.05. The van der Waals surface area contributed by atoms with Crippen LogP contribution in [0.25, 0.3) is 0 Å². The van der Waals surface area contributed by atoms with Gasteiger partial charge in [0.25, 0.3) is 0 Å². The predicted octanol–water partition coefficient (Wildman–Crippen LogP) is -0.739. The Kier molecular flexibility index (Phi) is 2.91. The Bertz CT molecular complexity index is 803. The predicted molar refractivity (Wildman–Crippen MR) is 82.8 cm³/mol. The molecule has 2 aliphatic carbocycles. The van der Waals surface area contributed by atoms with Gasteiger partial charge in [-0.3, -0.25) is 24.1 Å². The number of nitrogens with zero attached hydrogens (tertiary/aromatic N) is 1. The summed E-state index contributed by atoms with van der Waals surface area (Å²) >= 11 is 0. The van der Waals surface area contributed by atoms with Crippen LogP contribution in [0.1, 0.15) is 20.7 Å². The first-order chi connectivity index (χ1) is 11.4. The maximum atomic E-state index is 12.9. The highest BCUT2D eigenvalue weighted by Gasteiger charge is 2.58. The van der Waals surface area contributed by atoms with Gasteiger partial charge in [0.2, 0.25) is 11.8 Å². The van der Waals surface area contributed by atoms with Crippen LogP contribution in [0, 0.1) is 11.8 Å². The number of amides is 2. The van der Waals surface area contributed by atoms with E-state index < -0.39 is 47.3 Å². The normalized spacial score (nSPS) is 32.0. The summed E-state index contributed by atoms with van der Waals surface area (Å²) in [5.74, 6) is -3.51. The molecule has 3 aliphatic rings. The second-order valence-corrected chi connectivity index (χ2v) is 6.37. The van der Waals surface area contributed by atoms with Crippen molar-refractivity contribution in [3.8, 4) is 0 Å². The number of ketones is 2. The van der Waals surface area contributed by atoms with E-state index in [9.17, 15) is 19.2 Å². The third kappa shape index (κ3) is 1.58. The summed E-state index contributed by atoms with van der Waals surface area (Å²) in [5, 5.41) is 0. The van der Waals surface area contributed by atoms with Crippen molar-refractivity contribution >= 4 is 23.4 Å². The molecule has 1 heterocycles. The van der Waals surface area contributed by atoms with Crippen LogP contribution in [0.5, 0.6) is 0 Å². The van der Waals surface area contributed by atoms with Crippen LogP contribution in [0.3, 0.4) is 0 Å². The van der Waals surface area contributed by atoms with Crippen molar-refractivity contribution in [2.24, 2.45) is 23.3 Å². The molecule has 1 aliphatic heterocycles. The monoisotopic (exact) mass is 325 g/mol. The summed E-state index contributed by atoms with van der Waals surface area (Å²) in [6, 6.07) is 4.39. The Morgan fingerprint density at radius 2 is 1.17 bits per heavy atom. The van der Waals surface area contributed by atoms with E-state index in [0.29, 0.717) is 0 Å². The van der Waals surface area contributed by atoms with E-state index in [1.54, 1.807) is 24.3 Å². The van der Waals surface area contributed by atoms with Crippen molar-refractivity contribution in [1.82, 2.24) is 4.90 Å². The van der Waals surface area contributed by atoms with Crippen molar-refractivity contribution in [3.05, 3.63) is 46.5 Å². The molecule has 0 bridgehead atoms. The summed E-state index contributed by atoms with van der Waals surface area (Å²) in [4.78, 5) is 51.4. The first kappa shape index (κ1) is 14.9. The van der Waals surface area contributed by atoms with Crippen molar-refractivity contribution in [1.29, 1.82) is 0 Å². The molecule has 1 fully saturated rings. The summed E-state index contributed by atoms with van der Waals surface area (Å²) in [5.41, 5.74) is 13.0. The minimum Gasteiger partial charge on any atom is -0.323 e. The summed E-state index contributed by atoms with van der Waals surface area (Å²) < 4.78 is 0.